The molecule has 0 saturated carbocycles. The van der Waals surface area contributed by atoms with Gasteiger partial charge in [0.2, 0.25) is 0 Å². The summed E-state index contributed by atoms with van der Waals surface area (Å²) in [5.74, 6) is 0.957. The molecule has 26 heavy (non-hydrogen) atoms. The lowest BCUT2D eigenvalue weighted by Gasteiger charge is -2.26. The van der Waals surface area contributed by atoms with E-state index < -0.39 is 0 Å². The summed E-state index contributed by atoms with van der Waals surface area (Å²) >= 11 is 1.83. The van der Waals surface area contributed by atoms with Crippen LogP contribution in [-0.2, 0) is 11.3 Å². The van der Waals surface area contributed by atoms with Crippen molar-refractivity contribution < 1.29 is 9.47 Å². The molecule has 4 rings (SSSR count). The summed E-state index contributed by atoms with van der Waals surface area (Å²) in [6, 6.07) is 9.14. The highest BCUT2D eigenvalue weighted by Crippen LogP contribution is 2.35. The molecular weight excluding hydrogens is 346 g/mol. The van der Waals surface area contributed by atoms with Crippen molar-refractivity contribution in [2.24, 2.45) is 0 Å². The number of rotatable bonds is 6. The van der Waals surface area contributed by atoms with Crippen molar-refractivity contribution in [3.05, 3.63) is 40.9 Å². The lowest BCUT2D eigenvalue weighted by Crippen LogP contribution is -2.36. The number of aromatic nitrogens is 1. The molecule has 0 spiro atoms. The molecule has 0 radical (unpaired) electrons. The van der Waals surface area contributed by atoms with Crippen molar-refractivity contribution in [3.8, 4) is 5.75 Å². The third-order valence-corrected chi connectivity index (χ3v) is 6.16. The Kier molecular flexibility index (Phi) is 5.72. The molecule has 1 aromatic carbocycles. The Balaban J connectivity index is 1.41. The van der Waals surface area contributed by atoms with Gasteiger partial charge in [-0.2, -0.15) is 0 Å². The minimum Gasteiger partial charge on any atom is -0.494 e. The van der Waals surface area contributed by atoms with Crippen molar-refractivity contribution in [1.82, 2.24) is 9.88 Å². The number of nitrogens with zero attached hydrogens (tertiary/aromatic N) is 3. The normalized spacial score (nSPS) is 21.3. The predicted octanol–water partition coefficient (Wildman–Crippen LogP) is 3.72. The summed E-state index contributed by atoms with van der Waals surface area (Å²) in [4.78, 5) is 10.9. The van der Waals surface area contributed by atoms with E-state index in [9.17, 15) is 0 Å². The van der Waals surface area contributed by atoms with Gasteiger partial charge in [0, 0.05) is 36.8 Å². The molecule has 5 nitrogen and oxygen atoms in total. The number of ether oxygens (including phenoxy) is 2. The zero-order valence-electron chi connectivity index (χ0n) is 15.4. The maximum Gasteiger partial charge on any atom is 0.185 e. The number of likely N-dealkylation sites (tertiary alicyclic amines) is 1. The molecule has 2 aliphatic heterocycles. The van der Waals surface area contributed by atoms with Gasteiger partial charge in [-0.1, -0.05) is 12.1 Å². The smallest absolute Gasteiger partial charge is 0.185 e. The predicted molar refractivity (Wildman–Crippen MR) is 105 cm³/mol. The number of morpholine rings is 1. The SMILES string of the molecule is CCOc1ccc(C2CCCN2Cc2cnc(N3CCOCC3)s2)cc1. The fraction of sp³-hybridized carbons (Fsp3) is 0.550. The third-order valence-electron chi connectivity index (χ3n) is 5.12. The second-order valence-electron chi connectivity index (χ2n) is 6.84. The highest BCUT2D eigenvalue weighted by atomic mass is 32.1. The monoisotopic (exact) mass is 373 g/mol. The Bertz CT molecular complexity index is 697. The molecule has 1 unspecified atom stereocenters. The number of hydrogen-bond donors (Lipinski definition) is 0. The number of thiazole rings is 1. The Morgan fingerprint density at radius 3 is 2.77 bits per heavy atom. The Labute approximate surface area is 159 Å². The van der Waals surface area contributed by atoms with Crippen LogP contribution >= 0.6 is 11.3 Å². The summed E-state index contributed by atoms with van der Waals surface area (Å²) in [5.41, 5.74) is 1.39. The van der Waals surface area contributed by atoms with E-state index in [-0.39, 0.29) is 0 Å². The van der Waals surface area contributed by atoms with Gasteiger partial charge in [-0.05, 0) is 44.0 Å². The molecule has 3 heterocycles. The van der Waals surface area contributed by atoms with Gasteiger partial charge in [0.1, 0.15) is 5.75 Å². The molecule has 2 aromatic rings. The molecule has 0 bridgehead atoms. The molecule has 1 aromatic heterocycles. The average Bonchev–Trinajstić information content (AvgIpc) is 3.34. The van der Waals surface area contributed by atoms with Gasteiger partial charge in [-0.15, -0.1) is 11.3 Å². The van der Waals surface area contributed by atoms with Gasteiger partial charge in [-0.3, -0.25) is 4.90 Å². The molecule has 2 aliphatic rings. The van der Waals surface area contributed by atoms with Crippen molar-refractivity contribution in [1.29, 1.82) is 0 Å². The maximum atomic E-state index is 5.57. The van der Waals surface area contributed by atoms with Crippen LogP contribution in [0.4, 0.5) is 5.13 Å². The molecule has 0 amide bonds. The van der Waals surface area contributed by atoms with Gasteiger partial charge in [0.25, 0.3) is 0 Å². The van der Waals surface area contributed by atoms with Gasteiger partial charge >= 0.3 is 0 Å². The summed E-state index contributed by atoms with van der Waals surface area (Å²) < 4.78 is 11.0. The highest BCUT2D eigenvalue weighted by Gasteiger charge is 2.27. The van der Waals surface area contributed by atoms with Crippen LogP contribution in [0, 0.1) is 0 Å². The fourth-order valence-electron chi connectivity index (χ4n) is 3.82. The Hall–Kier alpha value is -1.63. The largest absolute Gasteiger partial charge is 0.494 e. The van der Waals surface area contributed by atoms with Crippen molar-refractivity contribution in [2.75, 3.05) is 44.4 Å². The van der Waals surface area contributed by atoms with Crippen molar-refractivity contribution in [3.63, 3.8) is 0 Å². The van der Waals surface area contributed by atoms with E-state index in [0.717, 1.165) is 50.3 Å². The molecule has 0 aliphatic carbocycles. The summed E-state index contributed by atoms with van der Waals surface area (Å²) in [6.07, 6.45) is 4.54. The zero-order chi connectivity index (χ0) is 17.8. The second-order valence-corrected chi connectivity index (χ2v) is 7.93. The van der Waals surface area contributed by atoms with Crippen LogP contribution in [0.5, 0.6) is 5.75 Å². The fourth-order valence-corrected chi connectivity index (χ4v) is 4.80. The van der Waals surface area contributed by atoms with Crippen LogP contribution in [-0.4, -0.2) is 49.3 Å². The quantitative estimate of drug-likeness (QED) is 0.772. The summed E-state index contributed by atoms with van der Waals surface area (Å²) in [6.45, 7) is 8.39. The lowest BCUT2D eigenvalue weighted by atomic mass is 10.0. The van der Waals surface area contributed by atoms with E-state index in [1.165, 1.54) is 23.3 Å². The first-order chi connectivity index (χ1) is 12.8. The molecule has 2 fully saturated rings. The zero-order valence-corrected chi connectivity index (χ0v) is 16.2. The molecule has 0 N–H and O–H groups in total. The molecule has 6 heteroatoms. The van der Waals surface area contributed by atoms with E-state index in [2.05, 4.69) is 45.2 Å². The average molecular weight is 374 g/mol. The van der Waals surface area contributed by atoms with Crippen LogP contribution in [0.3, 0.4) is 0 Å². The van der Waals surface area contributed by atoms with Gasteiger partial charge < -0.3 is 14.4 Å². The van der Waals surface area contributed by atoms with Crippen molar-refractivity contribution >= 4 is 16.5 Å². The van der Waals surface area contributed by atoms with Crippen LogP contribution in [0.25, 0.3) is 0 Å². The molecular formula is C20H27N3O2S. The Morgan fingerprint density at radius 1 is 1.19 bits per heavy atom. The maximum absolute atomic E-state index is 5.57. The van der Waals surface area contributed by atoms with Crippen LogP contribution in [0.15, 0.2) is 30.5 Å². The highest BCUT2D eigenvalue weighted by molar-refractivity contribution is 7.15. The van der Waals surface area contributed by atoms with Crippen LogP contribution in [0.1, 0.15) is 36.2 Å². The first-order valence-corrected chi connectivity index (χ1v) is 10.4. The number of anilines is 1. The standard InChI is InChI=1S/C20H27N3O2S/c1-2-25-17-7-5-16(6-8-17)19-4-3-9-23(19)15-18-14-21-20(26-18)22-10-12-24-13-11-22/h5-8,14,19H,2-4,9-13,15H2,1H3. The Morgan fingerprint density at radius 2 is 2.00 bits per heavy atom. The van der Waals surface area contributed by atoms with E-state index in [1.807, 2.05) is 18.3 Å². The van der Waals surface area contributed by atoms with Gasteiger partial charge in [-0.25, -0.2) is 4.98 Å². The topological polar surface area (TPSA) is 37.8 Å². The number of benzene rings is 1. The lowest BCUT2D eigenvalue weighted by molar-refractivity contribution is 0.122. The van der Waals surface area contributed by atoms with Crippen LogP contribution in [0.2, 0.25) is 0 Å². The van der Waals surface area contributed by atoms with E-state index >= 15 is 0 Å². The third kappa shape index (κ3) is 4.03. The molecule has 2 saturated heterocycles. The van der Waals surface area contributed by atoms with E-state index in [1.54, 1.807) is 0 Å². The van der Waals surface area contributed by atoms with Gasteiger partial charge in [0.05, 0.1) is 19.8 Å². The molecule has 1 atom stereocenters. The van der Waals surface area contributed by atoms with Gasteiger partial charge in [0.15, 0.2) is 5.13 Å². The summed E-state index contributed by atoms with van der Waals surface area (Å²) in [7, 11) is 0. The van der Waals surface area contributed by atoms with Crippen LogP contribution < -0.4 is 9.64 Å². The summed E-state index contributed by atoms with van der Waals surface area (Å²) in [5, 5.41) is 1.14. The molecule has 140 valence electrons. The number of hydrogen-bond acceptors (Lipinski definition) is 6. The van der Waals surface area contributed by atoms with E-state index in [4.69, 9.17) is 9.47 Å². The minimum absolute atomic E-state index is 0.500. The first kappa shape index (κ1) is 17.8. The minimum atomic E-state index is 0.500. The van der Waals surface area contributed by atoms with Crippen molar-refractivity contribution in [2.45, 2.75) is 32.4 Å². The van der Waals surface area contributed by atoms with E-state index in [0.29, 0.717) is 12.6 Å². The second kappa shape index (κ2) is 8.37. The first-order valence-electron chi connectivity index (χ1n) is 9.57.